The van der Waals surface area contributed by atoms with Crippen LogP contribution in [0.3, 0.4) is 0 Å². The van der Waals surface area contributed by atoms with Crippen molar-refractivity contribution in [3.05, 3.63) is 59.7 Å². The van der Waals surface area contributed by atoms with Gasteiger partial charge >= 0.3 is 12.2 Å². The molecule has 2 aromatic carbocycles. The molecule has 0 heterocycles. The minimum atomic E-state index is -4.53. The molecule has 2 rings (SSSR count). The van der Waals surface area contributed by atoms with Crippen molar-refractivity contribution in [3.63, 3.8) is 0 Å². The first-order chi connectivity index (χ1) is 12.7. The van der Waals surface area contributed by atoms with E-state index in [2.05, 4.69) is 5.32 Å². The average Bonchev–Trinajstić information content (AvgIpc) is 2.61. The molecule has 0 aliphatic heterocycles. The Hall–Kier alpha value is -2.78. The second-order valence-electron chi connectivity index (χ2n) is 5.66. The number of halogens is 3. The van der Waals surface area contributed by atoms with E-state index in [0.29, 0.717) is 0 Å². The summed E-state index contributed by atoms with van der Waals surface area (Å²) in [5.74, 6) is -0.312. The van der Waals surface area contributed by atoms with E-state index in [4.69, 9.17) is 4.74 Å². The number of benzene rings is 2. The Morgan fingerprint density at radius 1 is 1.15 bits per heavy atom. The number of nitrogens with zero attached hydrogens (tertiary/aromatic N) is 1. The van der Waals surface area contributed by atoms with Crippen LogP contribution in [-0.2, 0) is 6.18 Å². The van der Waals surface area contributed by atoms with Crippen LogP contribution >= 0.6 is 0 Å². The number of para-hydroxylation sites is 2. The Bertz CT molecular complexity index is 781. The summed E-state index contributed by atoms with van der Waals surface area (Å²) in [7, 11) is 1.44. The molecule has 0 aromatic heterocycles. The number of amides is 2. The molecule has 0 aliphatic carbocycles. The van der Waals surface area contributed by atoms with E-state index in [-0.39, 0.29) is 30.2 Å². The van der Waals surface area contributed by atoms with Crippen LogP contribution in [0, 0.1) is 0 Å². The molecule has 0 radical (unpaired) electrons. The van der Waals surface area contributed by atoms with Crippen LogP contribution in [0.25, 0.3) is 0 Å². The predicted molar refractivity (Wildman–Crippen MR) is 92.2 cm³/mol. The molecule has 0 unspecified atom stereocenters. The second-order valence-corrected chi connectivity index (χ2v) is 5.66. The molecule has 0 aliphatic rings. The van der Waals surface area contributed by atoms with E-state index >= 15 is 0 Å². The van der Waals surface area contributed by atoms with E-state index in [1.54, 1.807) is 12.1 Å². The van der Waals surface area contributed by atoms with Crippen molar-refractivity contribution in [2.24, 2.45) is 0 Å². The Kier molecular flexibility index (Phi) is 6.65. The fourth-order valence-corrected chi connectivity index (χ4v) is 2.27. The number of anilines is 1. The fourth-order valence-electron chi connectivity index (χ4n) is 2.27. The second kappa shape index (κ2) is 8.74. The maximum absolute atomic E-state index is 12.9. The first kappa shape index (κ1) is 20.5. The summed E-state index contributed by atoms with van der Waals surface area (Å²) in [5, 5.41) is 21.1. The lowest BCUT2D eigenvalue weighted by molar-refractivity contribution is -0.139. The maximum Gasteiger partial charge on any atom is 0.419 e. The quantitative estimate of drug-likeness (QED) is 0.668. The van der Waals surface area contributed by atoms with Gasteiger partial charge in [-0.2, -0.15) is 13.2 Å². The topological polar surface area (TPSA) is 82.0 Å². The summed E-state index contributed by atoms with van der Waals surface area (Å²) < 4.78 is 43.9. The third-order valence-corrected chi connectivity index (χ3v) is 3.70. The average molecular weight is 384 g/mol. The zero-order chi connectivity index (χ0) is 20.0. The minimum absolute atomic E-state index is 0.0157. The van der Waals surface area contributed by atoms with Gasteiger partial charge in [0.2, 0.25) is 0 Å². The standard InChI is InChI=1S/C18H19F3N2O4/c1-23(17(26)22-14-8-4-2-6-12(14)16(24)25)10-11-27-15-9-5-3-7-13(15)18(19,20)21/h2-9,16,24-25H,10-11H2,1H3,(H,22,26). The van der Waals surface area contributed by atoms with Crippen molar-refractivity contribution < 1.29 is 32.9 Å². The Morgan fingerprint density at radius 3 is 2.44 bits per heavy atom. The number of carbonyl (C=O) groups excluding carboxylic acids is 1. The van der Waals surface area contributed by atoms with Gasteiger partial charge in [0.05, 0.1) is 17.8 Å². The Labute approximate surface area is 153 Å². The van der Waals surface area contributed by atoms with Crippen LogP contribution in [0.15, 0.2) is 48.5 Å². The number of aliphatic hydroxyl groups is 2. The van der Waals surface area contributed by atoms with E-state index in [1.165, 1.54) is 42.3 Å². The van der Waals surface area contributed by atoms with Gasteiger partial charge in [-0.15, -0.1) is 0 Å². The molecule has 0 fully saturated rings. The van der Waals surface area contributed by atoms with Gasteiger partial charge in [0.15, 0.2) is 6.29 Å². The molecule has 0 bridgehead atoms. The van der Waals surface area contributed by atoms with Crippen LogP contribution in [-0.4, -0.2) is 41.3 Å². The number of hydrogen-bond donors (Lipinski definition) is 3. The van der Waals surface area contributed by atoms with Gasteiger partial charge < -0.3 is 25.2 Å². The first-order valence-electron chi connectivity index (χ1n) is 7.96. The number of hydrogen-bond acceptors (Lipinski definition) is 4. The van der Waals surface area contributed by atoms with Gasteiger partial charge in [0.1, 0.15) is 12.4 Å². The van der Waals surface area contributed by atoms with Gasteiger partial charge in [0.25, 0.3) is 0 Å². The SMILES string of the molecule is CN(CCOc1ccccc1C(F)(F)F)C(=O)Nc1ccccc1C(O)O. The van der Waals surface area contributed by atoms with Gasteiger partial charge in [-0.05, 0) is 18.2 Å². The third kappa shape index (κ3) is 5.60. The molecule has 0 atom stereocenters. The molecule has 27 heavy (non-hydrogen) atoms. The lowest BCUT2D eigenvalue weighted by Gasteiger charge is -2.20. The van der Waals surface area contributed by atoms with Crippen molar-refractivity contribution in [2.75, 3.05) is 25.5 Å². The van der Waals surface area contributed by atoms with Crippen LogP contribution in [0.1, 0.15) is 17.4 Å². The number of aliphatic hydroxyl groups excluding tert-OH is 1. The molecule has 146 valence electrons. The Balaban J connectivity index is 1.93. The van der Waals surface area contributed by atoms with E-state index in [0.717, 1.165) is 6.07 Å². The van der Waals surface area contributed by atoms with Crippen molar-refractivity contribution in [1.82, 2.24) is 4.90 Å². The van der Waals surface area contributed by atoms with Gasteiger partial charge in [-0.25, -0.2) is 4.79 Å². The molecule has 6 nitrogen and oxygen atoms in total. The van der Waals surface area contributed by atoms with E-state index in [1.807, 2.05) is 0 Å². The van der Waals surface area contributed by atoms with Crippen molar-refractivity contribution in [1.29, 1.82) is 0 Å². The van der Waals surface area contributed by atoms with Crippen molar-refractivity contribution in [3.8, 4) is 5.75 Å². The zero-order valence-electron chi connectivity index (χ0n) is 14.4. The summed E-state index contributed by atoms with van der Waals surface area (Å²) in [6, 6.07) is 10.4. The summed E-state index contributed by atoms with van der Waals surface area (Å²) in [6.45, 7) is -0.136. The zero-order valence-corrected chi connectivity index (χ0v) is 14.4. The van der Waals surface area contributed by atoms with Crippen LogP contribution in [0.5, 0.6) is 5.75 Å². The molecule has 0 saturated carbocycles. The number of nitrogens with one attached hydrogen (secondary N) is 1. The lowest BCUT2D eigenvalue weighted by atomic mass is 10.1. The van der Waals surface area contributed by atoms with Crippen molar-refractivity contribution >= 4 is 11.7 Å². The number of likely N-dealkylation sites (N-methyl/N-ethyl adjacent to an activating group) is 1. The summed E-state index contributed by atoms with van der Waals surface area (Å²) >= 11 is 0. The summed E-state index contributed by atoms with van der Waals surface area (Å²) in [6.07, 6.45) is -6.29. The highest BCUT2D eigenvalue weighted by Gasteiger charge is 2.34. The normalized spacial score (nSPS) is 11.4. The number of ether oxygens (including phenoxy) is 1. The molecule has 2 aromatic rings. The number of carbonyl (C=O) groups is 1. The molecular formula is C18H19F3N2O4. The maximum atomic E-state index is 12.9. The van der Waals surface area contributed by atoms with E-state index in [9.17, 15) is 28.2 Å². The smallest absolute Gasteiger partial charge is 0.419 e. The third-order valence-electron chi connectivity index (χ3n) is 3.70. The highest BCUT2D eigenvalue weighted by Crippen LogP contribution is 2.35. The predicted octanol–water partition coefficient (Wildman–Crippen LogP) is 3.23. The van der Waals surface area contributed by atoms with Crippen LogP contribution in [0.2, 0.25) is 0 Å². The molecule has 9 heteroatoms. The lowest BCUT2D eigenvalue weighted by Crippen LogP contribution is -2.35. The monoisotopic (exact) mass is 384 g/mol. The molecule has 3 N–H and O–H groups in total. The number of alkyl halides is 3. The summed E-state index contributed by atoms with van der Waals surface area (Å²) in [4.78, 5) is 13.4. The number of rotatable bonds is 6. The molecule has 0 spiro atoms. The summed E-state index contributed by atoms with van der Waals surface area (Å²) in [5.41, 5.74) is -0.551. The highest BCUT2D eigenvalue weighted by atomic mass is 19.4. The van der Waals surface area contributed by atoms with Crippen LogP contribution in [0.4, 0.5) is 23.7 Å². The van der Waals surface area contributed by atoms with Crippen molar-refractivity contribution in [2.45, 2.75) is 12.5 Å². The van der Waals surface area contributed by atoms with Gasteiger partial charge in [-0.1, -0.05) is 30.3 Å². The fraction of sp³-hybridized carbons (Fsp3) is 0.278. The Morgan fingerprint density at radius 2 is 1.78 bits per heavy atom. The van der Waals surface area contributed by atoms with Crippen LogP contribution < -0.4 is 10.1 Å². The largest absolute Gasteiger partial charge is 0.491 e. The minimum Gasteiger partial charge on any atom is -0.491 e. The van der Waals surface area contributed by atoms with E-state index < -0.39 is 24.1 Å². The molecular weight excluding hydrogens is 365 g/mol. The highest BCUT2D eigenvalue weighted by molar-refractivity contribution is 5.90. The molecule has 2 amide bonds. The first-order valence-corrected chi connectivity index (χ1v) is 7.96. The van der Waals surface area contributed by atoms with Gasteiger partial charge in [0, 0.05) is 12.6 Å². The van der Waals surface area contributed by atoms with Gasteiger partial charge in [-0.3, -0.25) is 0 Å². The molecule has 0 saturated heterocycles. The number of urea groups is 1.